The van der Waals surface area contributed by atoms with Crippen molar-refractivity contribution < 1.29 is 24.0 Å². The molecule has 0 aromatic heterocycles. The lowest BCUT2D eigenvalue weighted by atomic mass is 10.0. The average Bonchev–Trinajstić information content (AvgIpc) is 2.73. The number of hydrogen-bond acceptors (Lipinski definition) is 7. The molecule has 0 saturated heterocycles. The van der Waals surface area contributed by atoms with Gasteiger partial charge in [0.05, 0.1) is 25.2 Å². The number of benzene rings is 2. The molecule has 154 valence electrons. The number of non-ortho nitro benzene ring substituents is 1. The Labute approximate surface area is 169 Å². The molecule has 0 spiro atoms. The summed E-state index contributed by atoms with van der Waals surface area (Å²) in [5.74, 6) is -0.685. The monoisotopic (exact) mass is 400 g/mol. The minimum atomic E-state index is -0.569. The van der Waals surface area contributed by atoms with Gasteiger partial charge >= 0.3 is 5.97 Å². The van der Waals surface area contributed by atoms with E-state index < -0.39 is 10.9 Å². The second-order valence-corrected chi connectivity index (χ2v) is 6.46. The van der Waals surface area contributed by atoms with Gasteiger partial charge in [0.1, 0.15) is 6.61 Å². The van der Waals surface area contributed by atoms with Crippen molar-refractivity contribution in [1.29, 1.82) is 0 Å². The van der Waals surface area contributed by atoms with E-state index in [1.54, 1.807) is 6.07 Å². The normalized spacial score (nSPS) is 12.3. The second kappa shape index (κ2) is 11.6. The van der Waals surface area contributed by atoms with Crippen molar-refractivity contribution in [1.82, 2.24) is 0 Å². The highest BCUT2D eigenvalue weighted by atomic mass is 16.6. The summed E-state index contributed by atoms with van der Waals surface area (Å²) < 4.78 is 10.4. The quantitative estimate of drug-likeness (QED) is 0.248. The maximum Gasteiger partial charge on any atom is 0.355 e. The Bertz CT molecular complexity index is 838. The maximum absolute atomic E-state index is 11.4. The molecule has 0 fully saturated rings. The van der Waals surface area contributed by atoms with Crippen LogP contribution in [0.25, 0.3) is 0 Å². The fourth-order valence-electron chi connectivity index (χ4n) is 2.64. The largest absolute Gasteiger partial charge is 0.464 e. The minimum absolute atomic E-state index is 0.0342. The van der Waals surface area contributed by atoms with Gasteiger partial charge in [-0.05, 0) is 24.5 Å². The zero-order chi connectivity index (χ0) is 21.1. The Morgan fingerprint density at radius 1 is 1.10 bits per heavy atom. The average molecular weight is 400 g/mol. The van der Waals surface area contributed by atoms with Gasteiger partial charge in [0.2, 0.25) is 0 Å². The van der Waals surface area contributed by atoms with E-state index in [-0.39, 0.29) is 23.9 Å². The molecule has 0 aliphatic rings. The topological polar surface area (TPSA) is 100 Å². The highest BCUT2D eigenvalue weighted by Crippen LogP contribution is 2.17. The predicted octanol–water partition coefficient (Wildman–Crippen LogP) is 3.54. The molecule has 0 aliphatic carbocycles. The molecular formula is C21H24N2O6. The molecule has 0 radical (unpaired) electrons. The molecule has 1 unspecified atom stereocenters. The summed E-state index contributed by atoms with van der Waals surface area (Å²) in [7, 11) is 1.27. The van der Waals surface area contributed by atoms with E-state index in [4.69, 9.17) is 9.57 Å². The van der Waals surface area contributed by atoms with Crippen molar-refractivity contribution in [3.63, 3.8) is 0 Å². The summed E-state index contributed by atoms with van der Waals surface area (Å²) in [6.07, 6.45) is 0.503. The van der Waals surface area contributed by atoms with Gasteiger partial charge in [-0.15, -0.1) is 0 Å². The van der Waals surface area contributed by atoms with E-state index >= 15 is 0 Å². The summed E-state index contributed by atoms with van der Waals surface area (Å²) in [4.78, 5) is 27.3. The van der Waals surface area contributed by atoms with Gasteiger partial charge < -0.3 is 14.3 Å². The lowest BCUT2D eigenvalue weighted by molar-refractivity contribution is -0.384. The van der Waals surface area contributed by atoms with Crippen LogP contribution in [-0.4, -0.2) is 36.9 Å². The van der Waals surface area contributed by atoms with Gasteiger partial charge in [-0.3, -0.25) is 10.1 Å². The first kappa shape index (κ1) is 22.0. The zero-order valence-electron chi connectivity index (χ0n) is 16.4. The van der Waals surface area contributed by atoms with Crippen molar-refractivity contribution in [3.8, 4) is 0 Å². The van der Waals surface area contributed by atoms with Crippen LogP contribution in [0.3, 0.4) is 0 Å². The van der Waals surface area contributed by atoms with Crippen LogP contribution in [0, 0.1) is 16.0 Å². The number of nitro groups is 1. The fourth-order valence-corrected chi connectivity index (χ4v) is 2.64. The molecule has 8 heteroatoms. The first-order chi connectivity index (χ1) is 14.0. The Morgan fingerprint density at radius 3 is 2.52 bits per heavy atom. The van der Waals surface area contributed by atoms with E-state index in [1.807, 2.05) is 36.4 Å². The Hall–Kier alpha value is -3.26. The molecule has 0 heterocycles. The van der Waals surface area contributed by atoms with Gasteiger partial charge in [0, 0.05) is 18.1 Å². The minimum Gasteiger partial charge on any atom is -0.464 e. The van der Waals surface area contributed by atoms with Crippen LogP contribution >= 0.6 is 0 Å². The van der Waals surface area contributed by atoms with E-state index in [0.29, 0.717) is 19.6 Å². The molecule has 29 heavy (non-hydrogen) atoms. The van der Waals surface area contributed by atoms with Gasteiger partial charge in [-0.2, -0.15) is 0 Å². The molecule has 8 nitrogen and oxygen atoms in total. The number of carbonyl (C=O) groups is 1. The Balaban J connectivity index is 2.00. The lowest BCUT2D eigenvalue weighted by Crippen LogP contribution is -2.19. The lowest BCUT2D eigenvalue weighted by Gasteiger charge is -2.16. The first-order valence-corrected chi connectivity index (χ1v) is 9.09. The van der Waals surface area contributed by atoms with Crippen LogP contribution in [0.15, 0.2) is 59.8 Å². The molecule has 0 aliphatic heterocycles. The smallest absolute Gasteiger partial charge is 0.355 e. The van der Waals surface area contributed by atoms with Gasteiger partial charge in [0.15, 0.2) is 5.71 Å². The van der Waals surface area contributed by atoms with Crippen molar-refractivity contribution in [2.45, 2.75) is 20.0 Å². The zero-order valence-corrected chi connectivity index (χ0v) is 16.4. The van der Waals surface area contributed by atoms with E-state index in [0.717, 1.165) is 11.1 Å². The summed E-state index contributed by atoms with van der Waals surface area (Å²) in [6, 6.07) is 16.2. The third-order valence-electron chi connectivity index (χ3n) is 4.10. The van der Waals surface area contributed by atoms with Crippen LogP contribution in [0.2, 0.25) is 0 Å². The number of nitro benzene ring substituents is 1. The van der Waals surface area contributed by atoms with E-state index in [9.17, 15) is 14.9 Å². The molecule has 2 rings (SSSR count). The number of esters is 1. The summed E-state index contributed by atoms with van der Waals surface area (Å²) >= 11 is 0. The van der Waals surface area contributed by atoms with Crippen molar-refractivity contribution in [2.24, 2.45) is 11.1 Å². The van der Waals surface area contributed by atoms with Crippen LogP contribution in [-0.2, 0) is 32.1 Å². The second-order valence-electron chi connectivity index (χ2n) is 6.46. The maximum atomic E-state index is 11.4. The van der Waals surface area contributed by atoms with Crippen LogP contribution in [0.4, 0.5) is 5.69 Å². The summed E-state index contributed by atoms with van der Waals surface area (Å²) in [5, 5.41) is 14.8. The number of rotatable bonds is 11. The van der Waals surface area contributed by atoms with E-state index in [2.05, 4.69) is 9.89 Å². The first-order valence-electron chi connectivity index (χ1n) is 9.09. The molecular weight excluding hydrogens is 376 g/mol. The number of hydrogen-bond donors (Lipinski definition) is 0. The molecule has 2 aromatic carbocycles. The van der Waals surface area contributed by atoms with Crippen LogP contribution in [0.1, 0.15) is 18.1 Å². The fraction of sp³-hybridized carbons (Fsp3) is 0.333. The summed E-state index contributed by atoms with van der Waals surface area (Å²) in [5.41, 5.74) is 1.98. The molecule has 2 aromatic rings. The van der Waals surface area contributed by atoms with Gasteiger partial charge in [-0.25, -0.2) is 4.79 Å². The number of oxime groups is 1. The molecule has 0 bridgehead atoms. The third kappa shape index (κ3) is 7.71. The predicted molar refractivity (Wildman–Crippen MR) is 107 cm³/mol. The Kier molecular flexibility index (Phi) is 8.78. The summed E-state index contributed by atoms with van der Waals surface area (Å²) in [6.45, 7) is 2.49. The third-order valence-corrected chi connectivity index (χ3v) is 4.10. The molecule has 1 atom stereocenters. The standard InChI is InChI=1S/C21H24N2O6/c1-16(21(24)27-2)22-29-15-19(14-28-13-17-7-4-3-5-8-17)11-18-9-6-10-20(12-18)23(25)26/h3-10,12,19H,11,13-15H2,1-2H3/b22-16+. The Morgan fingerprint density at radius 2 is 1.83 bits per heavy atom. The van der Waals surface area contributed by atoms with Crippen LogP contribution in [0.5, 0.6) is 0 Å². The van der Waals surface area contributed by atoms with Gasteiger partial charge in [-0.1, -0.05) is 47.6 Å². The SMILES string of the molecule is COC(=O)/C(C)=N/OCC(COCc1ccccc1)Cc1cccc([N+](=O)[O-])c1. The number of ether oxygens (including phenoxy) is 2. The van der Waals surface area contributed by atoms with E-state index in [1.165, 1.54) is 26.2 Å². The molecule has 0 N–H and O–H groups in total. The van der Waals surface area contributed by atoms with Crippen molar-refractivity contribution >= 4 is 17.4 Å². The highest BCUT2D eigenvalue weighted by molar-refractivity contribution is 6.35. The van der Waals surface area contributed by atoms with Gasteiger partial charge in [0.25, 0.3) is 5.69 Å². The highest BCUT2D eigenvalue weighted by Gasteiger charge is 2.15. The van der Waals surface area contributed by atoms with Crippen molar-refractivity contribution in [3.05, 3.63) is 75.8 Å². The number of carbonyl (C=O) groups excluding carboxylic acids is 1. The number of methoxy groups -OCH3 is 1. The van der Waals surface area contributed by atoms with Crippen molar-refractivity contribution in [2.75, 3.05) is 20.3 Å². The number of nitrogens with zero attached hydrogens (tertiary/aromatic N) is 2. The van der Waals surface area contributed by atoms with Crippen LogP contribution < -0.4 is 0 Å². The molecule has 0 saturated carbocycles. The molecule has 0 amide bonds.